The van der Waals surface area contributed by atoms with Crippen LogP contribution in [0.3, 0.4) is 0 Å². The summed E-state index contributed by atoms with van der Waals surface area (Å²) in [6.45, 7) is 1.98. The van der Waals surface area contributed by atoms with E-state index in [0.717, 1.165) is 49.3 Å². The summed E-state index contributed by atoms with van der Waals surface area (Å²) in [5, 5.41) is 7.56. The second-order valence-corrected chi connectivity index (χ2v) is 6.65. The molecule has 128 valence electrons. The van der Waals surface area contributed by atoms with Gasteiger partial charge in [0.1, 0.15) is 0 Å². The molecule has 0 spiro atoms. The van der Waals surface area contributed by atoms with Gasteiger partial charge in [0.2, 0.25) is 5.91 Å². The molecule has 1 atom stereocenters. The summed E-state index contributed by atoms with van der Waals surface area (Å²) in [4.78, 5) is 16.5. The van der Waals surface area contributed by atoms with Gasteiger partial charge in [0.25, 0.3) is 0 Å². The van der Waals surface area contributed by atoms with E-state index in [1.165, 1.54) is 4.70 Å². The molecule has 1 aliphatic heterocycles. The highest BCUT2D eigenvalue weighted by Crippen LogP contribution is 2.22. The molecule has 1 aromatic carbocycles. The molecule has 2 aromatic rings. The van der Waals surface area contributed by atoms with Gasteiger partial charge in [-0.3, -0.25) is 4.79 Å². The summed E-state index contributed by atoms with van der Waals surface area (Å²) in [6, 6.07) is 8.50. The van der Waals surface area contributed by atoms with E-state index in [0.29, 0.717) is 12.5 Å². The Morgan fingerprint density at radius 2 is 2.17 bits per heavy atom. The third-order valence-electron chi connectivity index (χ3n) is 3.79. The Bertz CT molecular complexity index is 581. The quantitative estimate of drug-likeness (QED) is 0.842. The van der Waals surface area contributed by atoms with Crippen LogP contribution in [-0.2, 0) is 11.2 Å². The summed E-state index contributed by atoms with van der Waals surface area (Å²) in [7, 11) is 0. The second kappa shape index (κ2) is 10.1. The summed E-state index contributed by atoms with van der Waals surface area (Å²) in [5.41, 5.74) is 1.07. The van der Waals surface area contributed by atoms with E-state index >= 15 is 0 Å². The van der Waals surface area contributed by atoms with Gasteiger partial charge in [-0.1, -0.05) is 12.1 Å². The van der Waals surface area contributed by atoms with Crippen molar-refractivity contribution in [3.05, 3.63) is 29.3 Å². The van der Waals surface area contributed by atoms with Gasteiger partial charge in [-0.25, -0.2) is 4.98 Å². The van der Waals surface area contributed by atoms with Crippen molar-refractivity contribution < 1.29 is 4.79 Å². The summed E-state index contributed by atoms with van der Waals surface area (Å²) in [5.74, 6) is 0.171. The molecule has 3 rings (SSSR count). The van der Waals surface area contributed by atoms with Crippen LogP contribution in [0.4, 0.5) is 0 Å². The van der Waals surface area contributed by atoms with Crippen LogP contribution in [0.25, 0.3) is 10.2 Å². The molecule has 0 radical (unpaired) electrons. The van der Waals surface area contributed by atoms with Crippen molar-refractivity contribution >= 4 is 52.3 Å². The van der Waals surface area contributed by atoms with Crippen molar-refractivity contribution in [3.8, 4) is 0 Å². The van der Waals surface area contributed by atoms with Gasteiger partial charge in [0.05, 0.1) is 15.2 Å². The van der Waals surface area contributed by atoms with Crippen molar-refractivity contribution in [2.75, 3.05) is 13.1 Å². The van der Waals surface area contributed by atoms with E-state index in [9.17, 15) is 4.79 Å². The lowest BCUT2D eigenvalue weighted by Crippen LogP contribution is -2.45. The maximum absolute atomic E-state index is 11.9. The average molecular weight is 376 g/mol. The first-order valence-electron chi connectivity index (χ1n) is 7.66. The molecule has 23 heavy (non-hydrogen) atoms. The molecular formula is C16H23Cl2N3OS. The highest BCUT2D eigenvalue weighted by Gasteiger charge is 2.15. The zero-order valence-corrected chi connectivity index (χ0v) is 15.4. The molecule has 0 aliphatic carbocycles. The monoisotopic (exact) mass is 375 g/mol. The SMILES string of the molecule is Cl.Cl.O=C(CCCc1nc2ccccc2s1)NC1CCCNC1. The number of nitrogens with one attached hydrogen (secondary N) is 2. The molecule has 1 aromatic heterocycles. The zero-order chi connectivity index (χ0) is 14.5. The number of amides is 1. The van der Waals surface area contributed by atoms with Gasteiger partial charge in [-0.15, -0.1) is 36.2 Å². The van der Waals surface area contributed by atoms with Crippen molar-refractivity contribution in [2.24, 2.45) is 0 Å². The number of para-hydroxylation sites is 1. The number of piperidine rings is 1. The number of benzene rings is 1. The van der Waals surface area contributed by atoms with Crippen LogP contribution in [0.15, 0.2) is 24.3 Å². The summed E-state index contributed by atoms with van der Waals surface area (Å²) >= 11 is 1.73. The number of aromatic nitrogens is 1. The number of carbonyl (C=O) groups is 1. The van der Waals surface area contributed by atoms with Crippen molar-refractivity contribution in [1.82, 2.24) is 15.6 Å². The predicted octanol–water partition coefficient (Wildman–Crippen LogP) is 3.33. The molecule has 2 N–H and O–H groups in total. The van der Waals surface area contributed by atoms with Crippen LogP contribution in [0, 0.1) is 0 Å². The number of carbonyl (C=O) groups excluding carboxylic acids is 1. The minimum Gasteiger partial charge on any atom is -0.352 e. The lowest BCUT2D eigenvalue weighted by Gasteiger charge is -2.23. The number of rotatable bonds is 5. The Morgan fingerprint density at radius 1 is 1.35 bits per heavy atom. The maximum Gasteiger partial charge on any atom is 0.220 e. The number of thiazole rings is 1. The Hall–Kier alpha value is -0.880. The molecule has 1 aliphatic rings. The van der Waals surface area contributed by atoms with Crippen LogP contribution in [0.2, 0.25) is 0 Å². The fourth-order valence-electron chi connectivity index (χ4n) is 2.70. The molecular weight excluding hydrogens is 353 g/mol. The minimum atomic E-state index is 0. The number of fused-ring (bicyclic) bond motifs is 1. The Balaban J connectivity index is 0.00000132. The number of nitrogens with zero attached hydrogens (tertiary/aromatic N) is 1. The molecule has 0 saturated carbocycles. The number of aryl methyl sites for hydroxylation is 1. The normalized spacial score (nSPS) is 17.1. The maximum atomic E-state index is 11.9. The van der Waals surface area contributed by atoms with Gasteiger partial charge >= 0.3 is 0 Å². The standard InChI is InChI=1S/C16H21N3OS.2ClH/c20-15(18-12-5-4-10-17-11-12)8-3-9-16-19-13-6-1-2-7-14(13)21-16;;/h1-2,6-7,12,17H,3-5,8-11H2,(H,18,20);2*1H. The molecule has 4 nitrogen and oxygen atoms in total. The molecule has 1 saturated heterocycles. The Morgan fingerprint density at radius 3 is 2.91 bits per heavy atom. The van der Waals surface area contributed by atoms with Crippen molar-refractivity contribution in [1.29, 1.82) is 0 Å². The fraction of sp³-hybridized carbons (Fsp3) is 0.500. The average Bonchev–Trinajstić information content (AvgIpc) is 2.91. The third kappa shape index (κ3) is 5.92. The second-order valence-electron chi connectivity index (χ2n) is 5.54. The molecule has 2 heterocycles. The van der Waals surface area contributed by atoms with Gasteiger partial charge in [-0.2, -0.15) is 0 Å². The fourth-order valence-corrected chi connectivity index (χ4v) is 3.71. The molecule has 0 bridgehead atoms. The largest absolute Gasteiger partial charge is 0.352 e. The molecule has 1 unspecified atom stereocenters. The topological polar surface area (TPSA) is 54.0 Å². The number of hydrogen-bond donors (Lipinski definition) is 2. The van der Waals surface area contributed by atoms with Crippen LogP contribution in [0.5, 0.6) is 0 Å². The highest BCUT2D eigenvalue weighted by molar-refractivity contribution is 7.18. The van der Waals surface area contributed by atoms with Gasteiger partial charge < -0.3 is 10.6 Å². The lowest BCUT2D eigenvalue weighted by atomic mass is 10.1. The van der Waals surface area contributed by atoms with Crippen LogP contribution >= 0.6 is 36.2 Å². The predicted molar refractivity (Wildman–Crippen MR) is 101 cm³/mol. The van der Waals surface area contributed by atoms with Crippen LogP contribution in [-0.4, -0.2) is 30.0 Å². The smallest absolute Gasteiger partial charge is 0.220 e. The molecule has 1 amide bonds. The van der Waals surface area contributed by atoms with E-state index in [-0.39, 0.29) is 30.7 Å². The van der Waals surface area contributed by atoms with E-state index in [1.807, 2.05) is 18.2 Å². The van der Waals surface area contributed by atoms with E-state index < -0.39 is 0 Å². The Kier molecular flexibility index (Phi) is 8.84. The van der Waals surface area contributed by atoms with Crippen LogP contribution in [0.1, 0.15) is 30.7 Å². The first-order valence-corrected chi connectivity index (χ1v) is 8.47. The summed E-state index contributed by atoms with van der Waals surface area (Å²) < 4.78 is 1.23. The number of halogens is 2. The lowest BCUT2D eigenvalue weighted by molar-refractivity contribution is -0.122. The number of hydrogen-bond acceptors (Lipinski definition) is 4. The Labute approximate surface area is 153 Å². The first kappa shape index (κ1) is 20.2. The van der Waals surface area contributed by atoms with Gasteiger partial charge in [-0.05, 0) is 44.4 Å². The van der Waals surface area contributed by atoms with Crippen LogP contribution < -0.4 is 10.6 Å². The minimum absolute atomic E-state index is 0. The van der Waals surface area contributed by atoms with Crippen molar-refractivity contribution in [2.45, 2.75) is 38.1 Å². The van der Waals surface area contributed by atoms with E-state index in [4.69, 9.17) is 0 Å². The van der Waals surface area contributed by atoms with E-state index in [1.54, 1.807) is 11.3 Å². The van der Waals surface area contributed by atoms with Gasteiger partial charge in [0.15, 0.2) is 0 Å². The zero-order valence-electron chi connectivity index (χ0n) is 12.9. The molecule has 1 fully saturated rings. The highest BCUT2D eigenvalue weighted by atomic mass is 35.5. The van der Waals surface area contributed by atoms with Crippen molar-refractivity contribution in [3.63, 3.8) is 0 Å². The first-order chi connectivity index (χ1) is 10.3. The summed E-state index contributed by atoms with van der Waals surface area (Å²) in [6.07, 6.45) is 4.58. The van der Waals surface area contributed by atoms with E-state index in [2.05, 4.69) is 21.7 Å². The van der Waals surface area contributed by atoms with Gasteiger partial charge in [0, 0.05) is 19.0 Å². The third-order valence-corrected chi connectivity index (χ3v) is 4.89. The molecule has 7 heteroatoms.